The third-order valence-electron chi connectivity index (χ3n) is 4.30. The molecule has 2 rings (SSSR count). The number of carbonyl (C=O) groups is 2. The van der Waals surface area contributed by atoms with Gasteiger partial charge in [-0.2, -0.15) is 0 Å². The van der Waals surface area contributed by atoms with E-state index < -0.39 is 5.97 Å². The fraction of sp³-hybridized carbons (Fsp3) is 0.400. The van der Waals surface area contributed by atoms with Crippen LogP contribution in [-0.2, 0) is 11.2 Å². The Labute approximate surface area is 161 Å². The molecule has 1 heterocycles. The number of carbonyl (C=O) groups excluding carboxylic acids is 2. The summed E-state index contributed by atoms with van der Waals surface area (Å²) in [7, 11) is 3.76. The Balaban J connectivity index is 0.00000338. The number of ketones is 1. The predicted octanol–water partition coefficient (Wildman–Crippen LogP) is 3.59. The maximum absolute atomic E-state index is 13.3. The maximum atomic E-state index is 13.3. The summed E-state index contributed by atoms with van der Waals surface area (Å²) in [4.78, 5) is 30.6. The summed E-state index contributed by atoms with van der Waals surface area (Å²) in [5.74, 6) is -0.524. The lowest BCUT2D eigenvalue weighted by Crippen LogP contribution is -2.38. The number of ether oxygens (including phenoxy) is 1. The number of hydrogen-bond donors (Lipinski definition) is 1. The third-order valence-corrected chi connectivity index (χ3v) is 4.30. The van der Waals surface area contributed by atoms with Crippen molar-refractivity contribution in [2.24, 2.45) is 0 Å². The summed E-state index contributed by atoms with van der Waals surface area (Å²) in [6.45, 7) is 5.64. The first-order valence-corrected chi connectivity index (χ1v) is 8.47. The van der Waals surface area contributed by atoms with E-state index in [1.165, 1.54) is 0 Å². The number of H-pyrrole nitrogens is 1. The number of halogens is 1. The highest BCUT2D eigenvalue weighted by atomic mass is 35.5. The van der Waals surface area contributed by atoms with Crippen molar-refractivity contribution >= 4 is 24.2 Å². The van der Waals surface area contributed by atoms with E-state index in [2.05, 4.69) is 4.98 Å². The van der Waals surface area contributed by atoms with Crippen LogP contribution in [0, 0.1) is 13.8 Å². The lowest BCUT2D eigenvalue weighted by atomic mass is 9.94. The zero-order chi connectivity index (χ0) is 18.6. The smallest absolute Gasteiger partial charge is 0.340 e. The minimum Gasteiger partial charge on any atom is -0.462 e. The second-order valence-electron chi connectivity index (χ2n) is 6.38. The molecule has 1 aromatic carbocycles. The molecule has 0 saturated carbocycles. The molecule has 0 amide bonds. The van der Waals surface area contributed by atoms with Gasteiger partial charge in [-0.3, -0.25) is 9.69 Å². The number of aromatic amines is 1. The average molecular weight is 379 g/mol. The molecule has 142 valence electrons. The van der Waals surface area contributed by atoms with Crippen LogP contribution in [0.4, 0.5) is 0 Å². The molecule has 1 N–H and O–H groups in total. The zero-order valence-corrected chi connectivity index (χ0v) is 16.8. The topological polar surface area (TPSA) is 62.4 Å². The number of aromatic nitrogens is 1. The molecular weight excluding hydrogens is 352 g/mol. The standard InChI is InChI=1S/C20H26N2O3.ClH/c1-6-25-20(24)18-14(3)21-13(2)17(18)19(23)16(22(4)5)12-15-10-8-7-9-11-15;/h7-11,16,21H,6,12H2,1-5H3;1H. The van der Waals surface area contributed by atoms with Gasteiger partial charge in [0.15, 0.2) is 5.78 Å². The van der Waals surface area contributed by atoms with Gasteiger partial charge in [0.25, 0.3) is 0 Å². The van der Waals surface area contributed by atoms with Gasteiger partial charge in [0, 0.05) is 11.4 Å². The SMILES string of the molecule is CCOC(=O)c1c(C)[nH]c(C)c1C(=O)C(Cc1ccccc1)N(C)C.Cl. The first kappa shape index (κ1) is 21.9. The van der Waals surface area contributed by atoms with E-state index in [0.717, 1.165) is 5.56 Å². The van der Waals surface area contributed by atoms with Crippen LogP contribution >= 0.6 is 12.4 Å². The Bertz CT molecular complexity index is 754. The predicted molar refractivity (Wildman–Crippen MR) is 105 cm³/mol. The van der Waals surface area contributed by atoms with E-state index >= 15 is 0 Å². The first-order chi connectivity index (χ1) is 11.9. The lowest BCUT2D eigenvalue weighted by Gasteiger charge is -2.23. The molecule has 0 aliphatic rings. The summed E-state index contributed by atoms with van der Waals surface area (Å²) in [6.07, 6.45) is 0.582. The number of benzene rings is 1. The van der Waals surface area contributed by atoms with Crippen molar-refractivity contribution in [3.63, 3.8) is 0 Å². The molecule has 0 radical (unpaired) electrons. The monoisotopic (exact) mass is 378 g/mol. The van der Waals surface area contributed by atoms with E-state index in [0.29, 0.717) is 28.9 Å². The van der Waals surface area contributed by atoms with E-state index in [1.54, 1.807) is 13.8 Å². The maximum Gasteiger partial charge on any atom is 0.340 e. The number of aryl methyl sites for hydroxylation is 2. The van der Waals surface area contributed by atoms with Crippen LogP contribution in [0.5, 0.6) is 0 Å². The van der Waals surface area contributed by atoms with Crippen LogP contribution in [-0.4, -0.2) is 48.4 Å². The number of rotatable bonds is 7. The van der Waals surface area contributed by atoms with Crippen molar-refractivity contribution in [3.05, 3.63) is 58.4 Å². The Morgan fingerprint density at radius 2 is 1.65 bits per heavy atom. The van der Waals surface area contributed by atoms with Gasteiger partial charge in [-0.05, 0) is 46.9 Å². The highest BCUT2D eigenvalue weighted by Gasteiger charge is 2.31. The van der Waals surface area contributed by atoms with Gasteiger partial charge in [-0.15, -0.1) is 12.4 Å². The van der Waals surface area contributed by atoms with Crippen molar-refractivity contribution in [2.75, 3.05) is 20.7 Å². The van der Waals surface area contributed by atoms with Gasteiger partial charge < -0.3 is 9.72 Å². The fourth-order valence-corrected chi connectivity index (χ4v) is 3.06. The van der Waals surface area contributed by atoms with E-state index in [9.17, 15) is 9.59 Å². The van der Waals surface area contributed by atoms with Gasteiger partial charge in [0.2, 0.25) is 0 Å². The summed E-state index contributed by atoms with van der Waals surface area (Å²) in [6, 6.07) is 9.53. The highest BCUT2D eigenvalue weighted by Crippen LogP contribution is 2.23. The minimum absolute atomic E-state index is 0. The molecule has 5 nitrogen and oxygen atoms in total. The van der Waals surface area contributed by atoms with E-state index in [4.69, 9.17) is 4.74 Å². The molecule has 1 unspecified atom stereocenters. The molecule has 0 spiro atoms. The number of likely N-dealkylation sites (N-methyl/N-ethyl adjacent to an activating group) is 1. The average Bonchev–Trinajstić information content (AvgIpc) is 2.87. The summed E-state index contributed by atoms with van der Waals surface area (Å²) in [5.41, 5.74) is 3.23. The Morgan fingerprint density at radius 1 is 1.08 bits per heavy atom. The van der Waals surface area contributed by atoms with E-state index in [-0.39, 0.29) is 30.8 Å². The quantitative estimate of drug-likeness (QED) is 0.590. The third kappa shape index (κ3) is 4.74. The van der Waals surface area contributed by atoms with E-state index in [1.807, 2.05) is 56.3 Å². The molecule has 0 saturated heterocycles. The number of esters is 1. The Morgan fingerprint density at radius 3 is 2.19 bits per heavy atom. The number of nitrogens with zero attached hydrogens (tertiary/aromatic N) is 1. The first-order valence-electron chi connectivity index (χ1n) is 8.47. The number of nitrogens with one attached hydrogen (secondary N) is 1. The van der Waals surface area contributed by atoms with Crippen molar-refractivity contribution in [1.82, 2.24) is 9.88 Å². The molecule has 26 heavy (non-hydrogen) atoms. The van der Waals surface area contributed by atoms with Crippen molar-refractivity contribution < 1.29 is 14.3 Å². The Kier molecular flexibility index (Phi) is 8.06. The van der Waals surface area contributed by atoms with Gasteiger partial charge in [-0.1, -0.05) is 30.3 Å². The molecule has 0 bridgehead atoms. The van der Waals surface area contributed by atoms with Crippen LogP contribution in [0.2, 0.25) is 0 Å². The minimum atomic E-state index is -0.454. The number of hydrogen-bond acceptors (Lipinski definition) is 4. The molecule has 0 aliphatic carbocycles. The summed E-state index contributed by atoms with van der Waals surface area (Å²) < 4.78 is 5.15. The molecule has 6 heteroatoms. The lowest BCUT2D eigenvalue weighted by molar-refractivity contribution is 0.0521. The van der Waals surface area contributed by atoms with Crippen LogP contribution < -0.4 is 0 Å². The molecular formula is C20H27ClN2O3. The molecule has 1 atom stereocenters. The largest absolute Gasteiger partial charge is 0.462 e. The molecule has 1 aromatic heterocycles. The van der Waals surface area contributed by atoms with Crippen molar-refractivity contribution in [1.29, 1.82) is 0 Å². The van der Waals surface area contributed by atoms with Gasteiger partial charge in [-0.25, -0.2) is 4.79 Å². The van der Waals surface area contributed by atoms with Gasteiger partial charge >= 0.3 is 5.97 Å². The zero-order valence-electron chi connectivity index (χ0n) is 16.0. The van der Waals surface area contributed by atoms with Crippen LogP contribution in [0.3, 0.4) is 0 Å². The van der Waals surface area contributed by atoms with Crippen LogP contribution in [0.15, 0.2) is 30.3 Å². The Hall–Kier alpha value is -2.11. The summed E-state index contributed by atoms with van der Waals surface area (Å²) in [5, 5.41) is 0. The van der Waals surface area contributed by atoms with Gasteiger partial charge in [0.1, 0.15) is 0 Å². The summed E-state index contributed by atoms with van der Waals surface area (Å²) >= 11 is 0. The van der Waals surface area contributed by atoms with Gasteiger partial charge in [0.05, 0.1) is 23.8 Å². The second-order valence-corrected chi connectivity index (χ2v) is 6.38. The highest BCUT2D eigenvalue weighted by molar-refractivity contribution is 6.10. The van der Waals surface area contributed by atoms with Crippen LogP contribution in [0.25, 0.3) is 0 Å². The van der Waals surface area contributed by atoms with Crippen molar-refractivity contribution in [3.8, 4) is 0 Å². The fourth-order valence-electron chi connectivity index (χ4n) is 3.06. The number of Topliss-reactive ketones (excluding diaryl/α,β-unsaturated/α-hetero) is 1. The molecule has 0 fully saturated rings. The normalized spacial score (nSPS) is 11.8. The van der Waals surface area contributed by atoms with Crippen LogP contribution in [0.1, 0.15) is 44.6 Å². The molecule has 2 aromatic rings. The molecule has 0 aliphatic heterocycles. The second kappa shape index (κ2) is 9.55. The van der Waals surface area contributed by atoms with Crippen molar-refractivity contribution in [2.45, 2.75) is 33.2 Å².